The fourth-order valence-corrected chi connectivity index (χ4v) is 1.95. The number of amides is 1. The van der Waals surface area contributed by atoms with Crippen LogP contribution in [0.15, 0.2) is 24.3 Å². The SMILES string of the molecule is CCCOc1ccc(C(=O)N2CC(CO)C2)cc1. The number of likely N-dealkylation sites (tertiary alicyclic amines) is 1. The number of ether oxygens (including phenoxy) is 1. The van der Waals surface area contributed by atoms with Gasteiger partial charge in [-0.3, -0.25) is 4.79 Å². The van der Waals surface area contributed by atoms with Crippen molar-refractivity contribution in [2.24, 2.45) is 5.92 Å². The number of hydrogen-bond acceptors (Lipinski definition) is 3. The molecule has 2 rings (SSSR count). The molecule has 0 bridgehead atoms. The van der Waals surface area contributed by atoms with E-state index in [-0.39, 0.29) is 18.4 Å². The van der Waals surface area contributed by atoms with Gasteiger partial charge in [0.2, 0.25) is 0 Å². The molecule has 1 heterocycles. The molecule has 0 aliphatic carbocycles. The zero-order valence-electron chi connectivity index (χ0n) is 10.6. The number of rotatable bonds is 5. The Morgan fingerprint density at radius 1 is 1.39 bits per heavy atom. The predicted octanol–water partition coefficient (Wildman–Crippen LogP) is 1.54. The third-order valence-electron chi connectivity index (χ3n) is 3.08. The van der Waals surface area contributed by atoms with Crippen LogP contribution in [0.2, 0.25) is 0 Å². The fraction of sp³-hybridized carbons (Fsp3) is 0.500. The zero-order valence-corrected chi connectivity index (χ0v) is 10.6. The van der Waals surface area contributed by atoms with E-state index < -0.39 is 0 Å². The van der Waals surface area contributed by atoms with Crippen LogP contribution in [-0.4, -0.2) is 42.2 Å². The van der Waals surface area contributed by atoms with Gasteiger partial charge in [0.15, 0.2) is 0 Å². The summed E-state index contributed by atoms with van der Waals surface area (Å²) in [6, 6.07) is 7.23. The maximum Gasteiger partial charge on any atom is 0.253 e. The molecule has 4 heteroatoms. The van der Waals surface area contributed by atoms with Crippen LogP contribution in [0.3, 0.4) is 0 Å². The summed E-state index contributed by atoms with van der Waals surface area (Å²) in [5.74, 6) is 1.08. The Kier molecular flexibility index (Phi) is 4.20. The van der Waals surface area contributed by atoms with E-state index in [1.807, 2.05) is 12.1 Å². The van der Waals surface area contributed by atoms with Crippen molar-refractivity contribution in [3.8, 4) is 5.75 Å². The van der Waals surface area contributed by atoms with Gasteiger partial charge in [-0.25, -0.2) is 0 Å². The van der Waals surface area contributed by atoms with Crippen LogP contribution in [0.25, 0.3) is 0 Å². The highest BCUT2D eigenvalue weighted by molar-refractivity contribution is 5.94. The minimum absolute atomic E-state index is 0.0294. The summed E-state index contributed by atoms with van der Waals surface area (Å²) in [5.41, 5.74) is 0.676. The van der Waals surface area contributed by atoms with Crippen molar-refractivity contribution >= 4 is 5.91 Å². The number of benzene rings is 1. The van der Waals surface area contributed by atoms with E-state index in [4.69, 9.17) is 9.84 Å². The molecule has 1 aliphatic rings. The lowest BCUT2D eigenvalue weighted by Gasteiger charge is -2.38. The summed E-state index contributed by atoms with van der Waals surface area (Å²) in [6.07, 6.45) is 0.969. The van der Waals surface area contributed by atoms with Gasteiger partial charge < -0.3 is 14.7 Å². The molecule has 18 heavy (non-hydrogen) atoms. The summed E-state index contributed by atoms with van der Waals surface area (Å²) in [6.45, 7) is 4.22. The summed E-state index contributed by atoms with van der Waals surface area (Å²) >= 11 is 0. The number of carbonyl (C=O) groups excluding carboxylic acids is 1. The monoisotopic (exact) mass is 249 g/mol. The maximum atomic E-state index is 12.0. The van der Waals surface area contributed by atoms with Crippen molar-refractivity contribution in [3.05, 3.63) is 29.8 Å². The van der Waals surface area contributed by atoms with Gasteiger partial charge in [-0.1, -0.05) is 6.92 Å². The third kappa shape index (κ3) is 2.82. The van der Waals surface area contributed by atoms with Crippen molar-refractivity contribution in [1.29, 1.82) is 0 Å². The molecule has 98 valence electrons. The second-order valence-electron chi connectivity index (χ2n) is 4.63. The van der Waals surface area contributed by atoms with Gasteiger partial charge in [-0.2, -0.15) is 0 Å². The molecule has 0 spiro atoms. The Bertz CT molecular complexity index is 396. The molecule has 1 aliphatic heterocycles. The largest absolute Gasteiger partial charge is 0.494 e. The molecular weight excluding hydrogens is 230 g/mol. The summed E-state index contributed by atoms with van der Waals surface area (Å²) < 4.78 is 5.47. The van der Waals surface area contributed by atoms with Crippen molar-refractivity contribution in [1.82, 2.24) is 4.90 Å². The number of aliphatic hydroxyl groups is 1. The van der Waals surface area contributed by atoms with E-state index in [2.05, 4.69) is 6.92 Å². The number of aliphatic hydroxyl groups excluding tert-OH is 1. The quantitative estimate of drug-likeness (QED) is 0.861. The first-order valence-electron chi connectivity index (χ1n) is 6.37. The van der Waals surface area contributed by atoms with E-state index in [0.29, 0.717) is 25.3 Å². The zero-order chi connectivity index (χ0) is 13.0. The summed E-state index contributed by atoms with van der Waals surface area (Å²) in [4.78, 5) is 13.8. The summed E-state index contributed by atoms with van der Waals surface area (Å²) in [7, 11) is 0. The fourth-order valence-electron chi connectivity index (χ4n) is 1.95. The van der Waals surface area contributed by atoms with Crippen LogP contribution >= 0.6 is 0 Å². The number of hydrogen-bond donors (Lipinski definition) is 1. The molecule has 0 aromatic heterocycles. The maximum absolute atomic E-state index is 12.0. The number of carbonyl (C=O) groups is 1. The van der Waals surface area contributed by atoms with Gasteiger partial charge in [0.1, 0.15) is 5.75 Å². The molecule has 1 N–H and O–H groups in total. The van der Waals surface area contributed by atoms with Crippen molar-refractivity contribution in [2.75, 3.05) is 26.3 Å². The van der Waals surface area contributed by atoms with Gasteiger partial charge in [0.05, 0.1) is 6.61 Å². The van der Waals surface area contributed by atoms with E-state index in [0.717, 1.165) is 12.2 Å². The standard InChI is InChI=1S/C14H19NO3/c1-2-7-18-13-5-3-12(4-6-13)14(17)15-8-11(9-15)10-16/h3-6,11,16H,2,7-10H2,1H3. The van der Waals surface area contributed by atoms with Crippen LogP contribution in [-0.2, 0) is 0 Å². The first kappa shape index (κ1) is 12.9. The second kappa shape index (κ2) is 5.87. The van der Waals surface area contributed by atoms with Crippen LogP contribution < -0.4 is 4.74 Å². The Morgan fingerprint density at radius 2 is 2.06 bits per heavy atom. The smallest absolute Gasteiger partial charge is 0.253 e. The van der Waals surface area contributed by atoms with Crippen LogP contribution in [0.5, 0.6) is 5.75 Å². The molecular formula is C14H19NO3. The lowest BCUT2D eigenvalue weighted by molar-refractivity contribution is 0.0362. The van der Waals surface area contributed by atoms with E-state index in [1.54, 1.807) is 17.0 Å². The molecule has 1 aromatic rings. The van der Waals surface area contributed by atoms with Gasteiger partial charge in [-0.05, 0) is 30.7 Å². The molecule has 1 fully saturated rings. The van der Waals surface area contributed by atoms with E-state index in [9.17, 15) is 4.79 Å². The molecule has 1 saturated heterocycles. The minimum atomic E-state index is 0.0294. The highest BCUT2D eigenvalue weighted by Gasteiger charge is 2.30. The first-order chi connectivity index (χ1) is 8.74. The molecule has 4 nitrogen and oxygen atoms in total. The van der Waals surface area contributed by atoms with Crippen molar-refractivity contribution < 1.29 is 14.6 Å². The minimum Gasteiger partial charge on any atom is -0.494 e. The van der Waals surface area contributed by atoms with E-state index >= 15 is 0 Å². The Balaban J connectivity index is 1.91. The van der Waals surface area contributed by atoms with Gasteiger partial charge >= 0.3 is 0 Å². The highest BCUT2D eigenvalue weighted by atomic mass is 16.5. The molecule has 0 saturated carbocycles. The van der Waals surface area contributed by atoms with Crippen molar-refractivity contribution in [2.45, 2.75) is 13.3 Å². The second-order valence-corrected chi connectivity index (χ2v) is 4.63. The lowest BCUT2D eigenvalue weighted by atomic mass is 10.00. The highest BCUT2D eigenvalue weighted by Crippen LogP contribution is 2.19. The molecule has 0 radical (unpaired) electrons. The van der Waals surface area contributed by atoms with Crippen LogP contribution in [0, 0.1) is 5.92 Å². The Hall–Kier alpha value is -1.55. The lowest BCUT2D eigenvalue weighted by Crippen LogP contribution is -2.51. The Labute approximate surface area is 107 Å². The average Bonchev–Trinajstić information content (AvgIpc) is 2.35. The Morgan fingerprint density at radius 3 is 2.61 bits per heavy atom. The molecule has 0 unspecified atom stereocenters. The molecule has 0 atom stereocenters. The van der Waals surface area contributed by atoms with Gasteiger partial charge in [-0.15, -0.1) is 0 Å². The number of nitrogens with zero attached hydrogens (tertiary/aromatic N) is 1. The van der Waals surface area contributed by atoms with Gasteiger partial charge in [0, 0.05) is 31.2 Å². The molecule has 1 aromatic carbocycles. The summed E-state index contributed by atoms with van der Waals surface area (Å²) in [5, 5.41) is 8.92. The van der Waals surface area contributed by atoms with Crippen molar-refractivity contribution in [3.63, 3.8) is 0 Å². The topological polar surface area (TPSA) is 49.8 Å². The average molecular weight is 249 g/mol. The van der Waals surface area contributed by atoms with Gasteiger partial charge in [0.25, 0.3) is 5.91 Å². The van der Waals surface area contributed by atoms with E-state index in [1.165, 1.54) is 0 Å². The predicted molar refractivity (Wildman–Crippen MR) is 68.7 cm³/mol. The normalized spacial score (nSPS) is 15.3. The molecule has 1 amide bonds. The van der Waals surface area contributed by atoms with Crippen LogP contribution in [0.1, 0.15) is 23.7 Å². The first-order valence-corrected chi connectivity index (χ1v) is 6.37. The third-order valence-corrected chi connectivity index (χ3v) is 3.08. The van der Waals surface area contributed by atoms with Crippen LogP contribution in [0.4, 0.5) is 0 Å².